The van der Waals surface area contributed by atoms with Gasteiger partial charge in [0.15, 0.2) is 0 Å². The summed E-state index contributed by atoms with van der Waals surface area (Å²) in [5.41, 5.74) is 5.92. The Kier molecular flexibility index (Phi) is 10.5. The summed E-state index contributed by atoms with van der Waals surface area (Å²) in [6, 6.07) is 62.9. The number of para-hydroxylation sites is 2. The van der Waals surface area contributed by atoms with Crippen molar-refractivity contribution in [1.82, 2.24) is 33.6 Å². The fourth-order valence-corrected chi connectivity index (χ4v) is 9.71. The van der Waals surface area contributed by atoms with Crippen molar-refractivity contribution in [2.75, 3.05) is 0 Å². The number of benzene rings is 6. The quantitative estimate of drug-likeness (QED) is 0.148. The predicted octanol–water partition coefficient (Wildman–Crippen LogP) is 12.1. The zero-order valence-corrected chi connectivity index (χ0v) is 37.8. The zero-order chi connectivity index (χ0) is 38.9. The van der Waals surface area contributed by atoms with E-state index in [0.29, 0.717) is 5.95 Å². The van der Waals surface area contributed by atoms with Crippen molar-refractivity contribution in [3.63, 3.8) is 0 Å². The van der Waals surface area contributed by atoms with Gasteiger partial charge < -0.3 is 13.7 Å². The van der Waals surface area contributed by atoms with Crippen LogP contribution >= 0.6 is 23.5 Å². The summed E-state index contributed by atoms with van der Waals surface area (Å²) in [6.07, 6.45) is 7.20. The van der Waals surface area contributed by atoms with Gasteiger partial charge in [0.2, 0.25) is 5.95 Å². The molecule has 0 aliphatic carbocycles. The van der Waals surface area contributed by atoms with Gasteiger partial charge in [0.05, 0.1) is 0 Å². The van der Waals surface area contributed by atoms with Gasteiger partial charge in [-0.1, -0.05) is 70.6 Å². The monoisotopic (exact) mass is 1180 g/mol. The third-order valence-electron chi connectivity index (χ3n) is 10.6. The molecule has 294 valence electrons. The van der Waals surface area contributed by atoms with E-state index >= 15 is 0 Å². The number of pyridine rings is 2. The molecule has 0 radical (unpaired) electrons. The minimum absolute atomic E-state index is 0. The van der Waals surface area contributed by atoms with Crippen molar-refractivity contribution in [3.8, 4) is 17.6 Å². The second-order valence-corrected chi connectivity index (χ2v) is 16.2. The van der Waals surface area contributed by atoms with Crippen molar-refractivity contribution in [3.05, 3.63) is 189 Å². The van der Waals surface area contributed by atoms with E-state index in [1.54, 1.807) is 35.9 Å². The predicted molar refractivity (Wildman–Crippen MR) is 237 cm³/mol. The Morgan fingerprint density at radius 2 is 0.689 bits per heavy atom. The average Bonchev–Trinajstić information content (AvgIpc) is 3.92. The van der Waals surface area contributed by atoms with E-state index in [0.717, 1.165) is 85.9 Å². The molecule has 6 aromatic heterocycles. The van der Waals surface area contributed by atoms with Crippen LogP contribution in [0.15, 0.2) is 184 Å². The molecular weight excluding hydrogens is 1150 g/mol. The number of fused-ring (bicyclic) bond motifs is 9. The maximum Gasteiger partial charge on any atom is 2.00 e. The summed E-state index contributed by atoms with van der Waals surface area (Å²) in [6.45, 7) is 0. The number of hydrogen-bond acceptors (Lipinski definition) is 6. The molecule has 0 amide bonds. The maximum absolute atomic E-state index is 4.70. The SMILES string of the molecule is [Pt+2].[Pt+2].[c-]1c(Sc2[c-]c3c(cc2)c2ccccc2n3-c2ccccn2)ccc2c3ccc(Sc4[c-]c5c(cc4)c4ccccc4n5-c4ccccn4)[c-]c3n(-c3ncccn3)c12. The molecule has 12 rings (SSSR count). The van der Waals surface area contributed by atoms with Gasteiger partial charge in [0.25, 0.3) is 0 Å². The van der Waals surface area contributed by atoms with Crippen LogP contribution in [0.25, 0.3) is 83.0 Å². The van der Waals surface area contributed by atoms with Crippen LogP contribution in [-0.2, 0) is 42.1 Å². The van der Waals surface area contributed by atoms with Crippen LogP contribution in [0.3, 0.4) is 0 Å². The van der Waals surface area contributed by atoms with Gasteiger partial charge in [-0.05, 0) is 53.2 Å². The molecule has 11 heteroatoms. The van der Waals surface area contributed by atoms with Crippen molar-refractivity contribution >= 4 is 88.9 Å². The number of rotatable bonds is 7. The first kappa shape index (κ1) is 39.3. The van der Waals surface area contributed by atoms with Crippen molar-refractivity contribution in [1.29, 1.82) is 0 Å². The topological polar surface area (TPSA) is 66.3 Å². The summed E-state index contributed by atoms with van der Waals surface area (Å²) >= 11 is 3.26. The molecule has 0 aliphatic heterocycles. The third kappa shape index (κ3) is 6.72. The van der Waals surface area contributed by atoms with E-state index in [9.17, 15) is 0 Å². The molecule has 0 spiro atoms. The Hall–Kier alpha value is -5.82. The standard InChI is InChI=1S/C50H27N7S2.2Pt/c1-3-12-42-36(10-1)38-20-16-32(28-44(38)55(42)48-14-5-7-24-51-48)58-34-18-22-40-41-23-19-35(31-47(41)57(46(40)30-34)50-53-26-9-27-54-50)59-33-17-21-39-37-11-2-4-13-43(37)56(45(39)29-33)49-15-6-8-25-52-49;;/h1-27H;;/q-4;2*+2. The first-order valence-corrected chi connectivity index (χ1v) is 20.7. The fourth-order valence-electron chi connectivity index (χ4n) is 8.10. The van der Waals surface area contributed by atoms with Crippen molar-refractivity contribution in [2.24, 2.45) is 0 Å². The number of hydrogen-bond donors (Lipinski definition) is 0. The summed E-state index contributed by atoms with van der Waals surface area (Å²) in [4.78, 5) is 22.7. The Bertz CT molecular complexity index is 3350. The van der Waals surface area contributed by atoms with E-state index in [2.05, 4.69) is 135 Å². The zero-order valence-electron chi connectivity index (χ0n) is 31.7. The van der Waals surface area contributed by atoms with Crippen molar-refractivity contribution < 1.29 is 42.1 Å². The Morgan fingerprint density at radius 3 is 1.10 bits per heavy atom. The van der Waals surface area contributed by atoms with Gasteiger partial charge in [-0.15, -0.1) is 78.1 Å². The largest absolute Gasteiger partial charge is 2.00 e. The van der Waals surface area contributed by atoms with Crippen LogP contribution in [0.1, 0.15) is 0 Å². The average molecular weight is 1180 g/mol. The molecule has 61 heavy (non-hydrogen) atoms. The normalized spacial score (nSPS) is 11.5. The second kappa shape index (κ2) is 16.2. The Morgan fingerprint density at radius 1 is 0.328 bits per heavy atom. The first-order chi connectivity index (χ1) is 29.2. The van der Waals surface area contributed by atoms with Crippen molar-refractivity contribution in [2.45, 2.75) is 19.6 Å². The smallest absolute Gasteiger partial charge is 0.328 e. The van der Waals surface area contributed by atoms with Crippen LogP contribution in [0.4, 0.5) is 0 Å². The molecule has 0 saturated carbocycles. The molecule has 0 saturated heterocycles. The van der Waals surface area contributed by atoms with Crippen LogP contribution in [0, 0.1) is 24.3 Å². The number of aromatic nitrogens is 7. The molecule has 0 bridgehead atoms. The number of nitrogens with zero attached hydrogens (tertiary/aromatic N) is 7. The molecular formula is C50H27N7Pt2S2. The molecule has 0 N–H and O–H groups in total. The van der Waals surface area contributed by atoms with Crippen LogP contribution < -0.4 is 0 Å². The molecule has 0 unspecified atom stereocenters. The van der Waals surface area contributed by atoms with Gasteiger partial charge in [-0.2, -0.15) is 59.3 Å². The first-order valence-electron chi connectivity index (χ1n) is 19.0. The Balaban J connectivity index is 0.00000223. The summed E-state index contributed by atoms with van der Waals surface area (Å²) in [5, 5.41) is 6.70. The van der Waals surface area contributed by atoms with E-state index < -0.39 is 0 Å². The fraction of sp³-hybridized carbons (Fsp3) is 0. The summed E-state index contributed by atoms with van der Waals surface area (Å²) in [7, 11) is 0. The molecule has 6 aromatic carbocycles. The van der Waals surface area contributed by atoms with Crippen LogP contribution in [0.5, 0.6) is 0 Å². The minimum Gasteiger partial charge on any atom is -0.328 e. The van der Waals surface area contributed by atoms with Crippen LogP contribution in [-0.4, -0.2) is 33.6 Å². The van der Waals surface area contributed by atoms with E-state index in [1.807, 2.05) is 54.9 Å². The summed E-state index contributed by atoms with van der Waals surface area (Å²) in [5.74, 6) is 2.28. The summed E-state index contributed by atoms with van der Waals surface area (Å²) < 4.78 is 6.44. The van der Waals surface area contributed by atoms with Gasteiger partial charge in [-0.25, -0.2) is 19.9 Å². The van der Waals surface area contributed by atoms with E-state index in [1.165, 1.54) is 10.8 Å². The molecule has 0 atom stereocenters. The Labute approximate surface area is 387 Å². The van der Waals surface area contributed by atoms with Crippen LogP contribution in [0.2, 0.25) is 0 Å². The van der Waals surface area contributed by atoms with E-state index in [4.69, 9.17) is 19.9 Å². The second-order valence-electron chi connectivity index (χ2n) is 14.0. The van der Waals surface area contributed by atoms with Gasteiger partial charge in [-0.3, -0.25) is 0 Å². The molecule has 12 aromatic rings. The van der Waals surface area contributed by atoms with Gasteiger partial charge >= 0.3 is 42.1 Å². The maximum atomic E-state index is 4.70. The third-order valence-corrected chi connectivity index (χ3v) is 12.4. The van der Waals surface area contributed by atoms with E-state index in [-0.39, 0.29) is 42.1 Å². The molecule has 6 heterocycles. The molecule has 7 nitrogen and oxygen atoms in total. The van der Waals surface area contributed by atoms with Gasteiger partial charge in [0.1, 0.15) is 11.6 Å². The van der Waals surface area contributed by atoms with Gasteiger partial charge in [0, 0.05) is 35.8 Å². The molecule has 0 aliphatic rings. The minimum atomic E-state index is 0. The molecule has 0 fully saturated rings.